The van der Waals surface area contributed by atoms with Gasteiger partial charge in [0.15, 0.2) is 0 Å². The van der Waals surface area contributed by atoms with E-state index in [0.29, 0.717) is 0 Å². The number of hydrogen-bond donors (Lipinski definition) is 1. The largest absolute Gasteiger partial charge is 0.497 e. The Hall–Kier alpha value is -2.23. The van der Waals surface area contributed by atoms with E-state index in [1.807, 2.05) is 50.2 Å². The maximum atomic E-state index is 5.85. The molecule has 4 nitrogen and oxygen atoms in total. The van der Waals surface area contributed by atoms with Crippen molar-refractivity contribution in [1.82, 2.24) is 4.98 Å². The van der Waals surface area contributed by atoms with Crippen LogP contribution in [-0.2, 0) is 0 Å². The second-order valence-electron chi connectivity index (χ2n) is 4.67. The van der Waals surface area contributed by atoms with E-state index in [-0.39, 0.29) is 6.10 Å². The predicted octanol–water partition coefficient (Wildman–Crippen LogP) is 3.28. The van der Waals surface area contributed by atoms with Gasteiger partial charge in [0.1, 0.15) is 17.6 Å². The molecule has 4 heteroatoms. The van der Waals surface area contributed by atoms with Crippen LogP contribution in [0.1, 0.15) is 12.6 Å². The predicted molar refractivity (Wildman–Crippen MR) is 80.5 cm³/mol. The van der Waals surface area contributed by atoms with Gasteiger partial charge in [-0.15, -0.1) is 0 Å². The maximum Gasteiger partial charge on any atom is 0.123 e. The molecule has 0 bridgehead atoms. The van der Waals surface area contributed by atoms with E-state index in [1.54, 1.807) is 13.3 Å². The average Bonchev–Trinajstić information content (AvgIpc) is 2.45. The van der Waals surface area contributed by atoms with E-state index in [9.17, 15) is 0 Å². The summed E-state index contributed by atoms with van der Waals surface area (Å²) in [6.07, 6.45) is 1.85. The van der Waals surface area contributed by atoms with Gasteiger partial charge in [-0.25, -0.2) is 0 Å². The zero-order valence-corrected chi connectivity index (χ0v) is 12.1. The van der Waals surface area contributed by atoms with Crippen LogP contribution < -0.4 is 14.8 Å². The summed E-state index contributed by atoms with van der Waals surface area (Å²) in [4.78, 5) is 4.17. The highest BCUT2D eigenvalue weighted by atomic mass is 16.5. The van der Waals surface area contributed by atoms with Gasteiger partial charge in [0, 0.05) is 23.6 Å². The van der Waals surface area contributed by atoms with Crippen molar-refractivity contribution in [3.8, 4) is 11.5 Å². The highest BCUT2D eigenvalue weighted by Crippen LogP contribution is 2.20. The standard InChI is InChI=1S/C16H20N2O2/c1-12-9-14(7-8-17-12)18-11-13(2)20-16-6-4-5-15(10-16)19-3/h4-10,13H,11H2,1-3H3,(H,17,18). The molecule has 0 spiro atoms. The second kappa shape index (κ2) is 6.80. The Morgan fingerprint density at radius 2 is 2.00 bits per heavy atom. The number of nitrogens with zero attached hydrogens (tertiary/aromatic N) is 1. The molecule has 0 saturated carbocycles. The lowest BCUT2D eigenvalue weighted by molar-refractivity contribution is 0.233. The number of benzene rings is 1. The number of ether oxygens (including phenoxy) is 2. The Labute approximate surface area is 119 Å². The van der Waals surface area contributed by atoms with Crippen molar-refractivity contribution in [3.63, 3.8) is 0 Å². The van der Waals surface area contributed by atoms with Crippen LogP contribution in [0.15, 0.2) is 42.6 Å². The Morgan fingerprint density at radius 3 is 2.75 bits per heavy atom. The number of rotatable bonds is 6. The van der Waals surface area contributed by atoms with Gasteiger partial charge in [0.2, 0.25) is 0 Å². The van der Waals surface area contributed by atoms with Crippen LogP contribution in [0.5, 0.6) is 11.5 Å². The fraction of sp³-hybridized carbons (Fsp3) is 0.312. The molecule has 0 amide bonds. The van der Waals surface area contributed by atoms with Crippen molar-refractivity contribution in [1.29, 1.82) is 0 Å². The van der Waals surface area contributed by atoms with Gasteiger partial charge in [0.05, 0.1) is 13.7 Å². The molecule has 1 atom stereocenters. The van der Waals surface area contributed by atoms with Crippen LogP contribution in [0.4, 0.5) is 5.69 Å². The number of methoxy groups -OCH3 is 1. The number of nitrogens with one attached hydrogen (secondary N) is 1. The van der Waals surface area contributed by atoms with E-state index >= 15 is 0 Å². The van der Waals surface area contributed by atoms with Gasteiger partial charge in [-0.3, -0.25) is 4.98 Å². The zero-order valence-electron chi connectivity index (χ0n) is 12.1. The van der Waals surface area contributed by atoms with E-state index in [4.69, 9.17) is 9.47 Å². The summed E-state index contributed by atoms with van der Waals surface area (Å²) < 4.78 is 11.0. The molecule has 2 rings (SSSR count). The first-order valence-electron chi connectivity index (χ1n) is 6.64. The van der Waals surface area contributed by atoms with Gasteiger partial charge in [0.25, 0.3) is 0 Å². The van der Waals surface area contributed by atoms with Gasteiger partial charge < -0.3 is 14.8 Å². The summed E-state index contributed by atoms with van der Waals surface area (Å²) in [6.45, 7) is 4.72. The van der Waals surface area contributed by atoms with Crippen molar-refractivity contribution in [3.05, 3.63) is 48.3 Å². The molecule has 106 valence electrons. The highest BCUT2D eigenvalue weighted by Gasteiger charge is 2.05. The van der Waals surface area contributed by atoms with Gasteiger partial charge >= 0.3 is 0 Å². The Morgan fingerprint density at radius 1 is 1.20 bits per heavy atom. The molecule has 1 aromatic heterocycles. The number of aryl methyl sites for hydroxylation is 1. The molecule has 20 heavy (non-hydrogen) atoms. The topological polar surface area (TPSA) is 43.4 Å². The highest BCUT2D eigenvalue weighted by molar-refractivity contribution is 5.43. The molecule has 0 aliphatic heterocycles. The summed E-state index contributed by atoms with van der Waals surface area (Å²) in [5.41, 5.74) is 2.05. The SMILES string of the molecule is COc1cccc(OC(C)CNc2ccnc(C)c2)c1. The lowest BCUT2D eigenvalue weighted by Crippen LogP contribution is -2.22. The van der Waals surface area contributed by atoms with E-state index in [2.05, 4.69) is 10.3 Å². The summed E-state index contributed by atoms with van der Waals surface area (Å²) in [5, 5.41) is 3.34. The van der Waals surface area contributed by atoms with Crippen molar-refractivity contribution >= 4 is 5.69 Å². The number of hydrogen-bond acceptors (Lipinski definition) is 4. The van der Waals surface area contributed by atoms with Crippen LogP contribution in [-0.4, -0.2) is 24.7 Å². The summed E-state index contributed by atoms with van der Waals surface area (Å²) in [5.74, 6) is 1.61. The molecule has 0 saturated heterocycles. The van der Waals surface area contributed by atoms with E-state index in [0.717, 1.165) is 29.4 Å². The first-order valence-corrected chi connectivity index (χ1v) is 6.64. The normalized spacial score (nSPS) is 11.8. The minimum Gasteiger partial charge on any atom is -0.497 e. The average molecular weight is 272 g/mol. The molecule has 2 aromatic rings. The summed E-state index contributed by atoms with van der Waals surface area (Å²) in [7, 11) is 1.65. The maximum absolute atomic E-state index is 5.85. The lowest BCUT2D eigenvalue weighted by atomic mass is 10.3. The van der Waals surface area contributed by atoms with Gasteiger partial charge in [-0.1, -0.05) is 6.07 Å². The molecular weight excluding hydrogens is 252 g/mol. The smallest absolute Gasteiger partial charge is 0.123 e. The van der Waals surface area contributed by atoms with Crippen molar-refractivity contribution < 1.29 is 9.47 Å². The number of anilines is 1. The Bertz CT molecular complexity index is 558. The molecular formula is C16H20N2O2. The second-order valence-corrected chi connectivity index (χ2v) is 4.67. The monoisotopic (exact) mass is 272 g/mol. The molecule has 1 aromatic carbocycles. The van der Waals surface area contributed by atoms with Crippen LogP contribution in [0.25, 0.3) is 0 Å². The zero-order chi connectivity index (χ0) is 14.4. The van der Waals surface area contributed by atoms with Crippen LogP contribution in [0, 0.1) is 6.92 Å². The number of aromatic nitrogens is 1. The number of pyridine rings is 1. The third-order valence-corrected chi connectivity index (χ3v) is 2.87. The lowest BCUT2D eigenvalue weighted by Gasteiger charge is -2.16. The molecule has 0 radical (unpaired) electrons. The molecule has 0 fully saturated rings. The summed E-state index contributed by atoms with van der Waals surface area (Å²) >= 11 is 0. The molecule has 1 heterocycles. The van der Waals surface area contributed by atoms with Crippen molar-refractivity contribution in [2.24, 2.45) is 0 Å². The van der Waals surface area contributed by atoms with Crippen LogP contribution in [0.3, 0.4) is 0 Å². The Balaban J connectivity index is 1.87. The minimum absolute atomic E-state index is 0.0515. The third-order valence-electron chi connectivity index (χ3n) is 2.87. The van der Waals surface area contributed by atoms with E-state index < -0.39 is 0 Å². The minimum atomic E-state index is 0.0515. The first kappa shape index (κ1) is 14.2. The fourth-order valence-electron chi connectivity index (χ4n) is 1.87. The molecule has 0 aliphatic rings. The molecule has 1 unspecified atom stereocenters. The van der Waals surface area contributed by atoms with Crippen LogP contribution >= 0.6 is 0 Å². The molecule has 1 N–H and O–H groups in total. The summed E-state index contributed by atoms with van der Waals surface area (Å²) in [6, 6.07) is 11.6. The molecule has 0 aliphatic carbocycles. The first-order chi connectivity index (χ1) is 9.67. The Kier molecular flexibility index (Phi) is 4.82. The van der Waals surface area contributed by atoms with Gasteiger partial charge in [-0.2, -0.15) is 0 Å². The third kappa shape index (κ3) is 4.16. The van der Waals surface area contributed by atoms with E-state index in [1.165, 1.54) is 0 Å². The van der Waals surface area contributed by atoms with Gasteiger partial charge in [-0.05, 0) is 38.1 Å². The van der Waals surface area contributed by atoms with Crippen LogP contribution in [0.2, 0.25) is 0 Å². The van der Waals surface area contributed by atoms with Crippen molar-refractivity contribution in [2.75, 3.05) is 19.0 Å². The van der Waals surface area contributed by atoms with Crippen molar-refractivity contribution in [2.45, 2.75) is 20.0 Å². The fourth-order valence-corrected chi connectivity index (χ4v) is 1.87. The quantitative estimate of drug-likeness (QED) is 0.876.